The van der Waals surface area contributed by atoms with Crippen molar-refractivity contribution < 1.29 is 19.4 Å². The van der Waals surface area contributed by atoms with E-state index in [1.807, 2.05) is 42.3 Å². The molecular formula is C23H28N2O4. The number of ether oxygens (including phenoxy) is 1. The Morgan fingerprint density at radius 3 is 2.69 bits per heavy atom. The van der Waals surface area contributed by atoms with Gasteiger partial charge < -0.3 is 14.7 Å². The summed E-state index contributed by atoms with van der Waals surface area (Å²) in [7, 11) is 0. The SMILES string of the molecule is CCc1cnc2ccccc2c1C(=O)N1CCC([C@@H]2CCOC[C@@H]2C(=O)O)CC1. The number of carboxylic acid groups (broad SMARTS) is 1. The third kappa shape index (κ3) is 3.86. The number of aryl methyl sites for hydroxylation is 1. The summed E-state index contributed by atoms with van der Waals surface area (Å²) in [6.07, 6.45) is 5.08. The predicted molar refractivity (Wildman–Crippen MR) is 110 cm³/mol. The maximum atomic E-state index is 13.4. The first-order valence-electron chi connectivity index (χ1n) is 10.6. The molecule has 154 valence electrons. The monoisotopic (exact) mass is 396 g/mol. The fraction of sp³-hybridized carbons (Fsp3) is 0.522. The highest BCUT2D eigenvalue weighted by Gasteiger charge is 2.39. The van der Waals surface area contributed by atoms with Crippen molar-refractivity contribution >= 4 is 22.8 Å². The number of rotatable bonds is 4. The van der Waals surface area contributed by atoms with E-state index in [1.54, 1.807) is 0 Å². The van der Waals surface area contributed by atoms with E-state index < -0.39 is 11.9 Å². The van der Waals surface area contributed by atoms with Crippen LogP contribution in [0.25, 0.3) is 10.9 Å². The molecular weight excluding hydrogens is 368 g/mol. The summed E-state index contributed by atoms with van der Waals surface area (Å²) in [5, 5.41) is 10.4. The van der Waals surface area contributed by atoms with Crippen LogP contribution in [0.1, 0.15) is 42.1 Å². The Bertz CT molecular complexity index is 905. The average Bonchev–Trinajstić information content (AvgIpc) is 2.78. The van der Waals surface area contributed by atoms with E-state index in [9.17, 15) is 14.7 Å². The predicted octanol–water partition coefficient (Wildman–Crippen LogP) is 3.39. The lowest BCUT2D eigenvalue weighted by atomic mass is 9.74. The molecule has 2 saturated heterocycles. The number of nitrogens with zero attached hydrogens (tertiary/aromatic N) is 2. The highest BCUT2D eigenvalue weighted by molar-refractivity contribution is 6.07. The number of hydrogen-bond donors (Lipinski definition) is 1. The molecule has 1 amide bonds. The molecule has 0 saturated carbocycles. The molecule has 2 fully saturated rings. The van der Waals surface area contributed by atoms with Crippen LogP contribution in [0.15, 0.2) is 30.5 Å². The summed E-state index contributed by atoms with van der Waals surface area (Å²) in [5.74, 6) is -0.633. The van der Waals surface area contributed by atoms with Gasteiger partial charge in [-0.25, -0.2) is 0 Å². The first kappa shape index (κ1) is 19.8. The van der Waals surface area contributed by atoms with Gasteiger partial charge >= 0.3 is 5.97 Å². The van der Waals surface area contributed by atoms with Crippen LogP contribution in [0, 0.1) is 17.8 Å². The number of hydrogen-bond acceptors (Lipinski definition) is 4. The summed E-state index contributed by atoms with van der Waals surface area (Å²) in [6, 6.07) is 7.80. The van der Waals surface area contributed by atoms with Gasteiger partial charge in [0.05, 0.1) is 23.6 Å². The Kier molecular flexibility index (Phi) is 5.81. The standard InChI is InChI=1S/C23H28N2O4/c1-2-15-13-24-20-6-4-3-5-18(20)21(15)22(26)25-10-7-16(8-11-25)17-9-12-29-14-19(17)23(27)28/h3-6,13,16-17,19H,2,7-12,14H2,1H3,(H,27,28)/t17-,19-/m0/s1. The largest absolute Gasteiger partial charge is 0.481 e. The van der Waals surface area contributed by atoms with Gasteiger partial charge in [-0.1, -0.05) is 25.1 Å². The molecule has 1 aromatic carbocycles. The van der Waals surface area contributed by atoms with Crippen molar-refractivity contribution in [1.29, 1.82) is 0 Å². The number of pyridine rings is 1. The van der Waals surface area contributed by atoms with Crippen molar-refractivity contribution in [2.45, 2.75) is 32.6 Å². The number of amides is 1. The Labute approximate surface area is 170 Å². The van der Waals surface area contributed by atoms with Crippen LogP contribution in [0.5, 0.6) is 0 Å². The van der Waals surface area contributed by atoms with Crippen LogP contribution >= 0.6 is 0 Å². The van der Waals surface area contributed by atoms with Gasteiger partial charge in [-0.2, -0.15) is 0 Å². The van der Waals surface area contributed by atoms with Gasteiger partial charge in [-0.05, 0) is 49.1 Å². The van der Waals surface area contributed by atoms with Crippen LogP contribution in [0.4, 0.5) is 0 Å². The summed E-state index contributed by atoms with van der Waals surface area (Å²) < 4.78 is 5.40. The second-order valence-electron chi connectivity index (χ2n) is 8.13. The molecule has 0 unspecified atom stereocenters. The van der Waals surface area contributed by atoms with Crippen molar-refractivity contribution in [3.8, 4) is 0 Å². The number of carbonyl (C=O) groups excluding carboxylic acids is 1. The second-order valence-corrected chi connectivity index (χ2v) is 8.13. The van der Waals surface area contributed by atoms with Crippen LogP contribution < -0.4 is 0 Å². The van der Waals surface area contributed by atoms with Gasteiger partial charge in [0.25, 0.3) is 5.91 Å². The normalized spacial score (nSPS) is 23.3. The molecule has 0 aliphatic carbocycles. The fourth-order valence-electron chi connectivity index (χ4n) is 4.97. The van der Waals surface area contributed by atoms with Gasteiger partial charge in [0, 0.05) is 31.3 Å². The molecule has 6 heteroatoms. The number of likely N-dealkylation sites (tertiary alicyclic amines) is 1. The zero-order valence-electron chi connectivity index (χ0n) is 16.8. The maximum absolute atomic E-state index is 13.4. The minimum Gasteiger partial charge on any atom is -0.481 e. The molecule has 1 aromatic heterocycles. The molecule has 2 aliphatic rings. The summed E-state index contributed by atoms with van der Waals surface area (Å²) in [6.45, 7) is 4.34. The van der Waals surface area contributed by atoms with Crippen molar-refractivity contribution in [2.75, 3.05) is 26.3 Å². The number of fused-ring (bicyclic) bond motifs is 1. The molecule has 0 spiro atoms. The van der Waals surface area contributed by atoms with E-state index in [1.165, 1.54) is 0 Å². The second kappa shape index (κ2) is 8.49. The van der Waals surface area contributed by atoms with Gasteiger partial charge in [0.15, 0.2) is 0 Å². The van der Waals surface area contributed by atoms with Crippen LogP contribution in [0.3, 0.4) is 0 Å². The van der Waals surface area contributed by atoms with Gasteiger partial charge in [-0.3, -0.25) is 14.6 Å². The van der Waals surface area contributed by atoms with E-state index in [0.29, 0.717) is 32.2 Å². The van der Waals surface area contributed by atoms with Crippen molar-refractivity contribution in [1.82, 2.24) is 9.88 Å². The summed E-state index contributed by atoms with van der Waals surface area (Å²) >= 11 is 0. The van der Waals surface area contributed by atoms with E-state index in [2.05, 4.69) is 4.98 Å². The third-order valence-electron chi connectivity index (χ3n) is 6.61. The molecule has 6 nitrogen and oxygen atoms in total. The maximum Gasteiger partial charge on any atom is 0.309 e. The first-order chi connectivity index (χ1) is 14.1. The zero-order valence-corrected chi connectivity index (χ0v) is 16.8. The molecule has 2 atom stereocenters. The first-order valence-corrected chi connectivity index (χ1v) is 10.6. The summed E-state index contributed by atoms with van der Waals surface area (Å²) in [5.41, 5.74) is 2.59. The average molecular weight is 396 g/mol. The van der Waals surface area contributed by atoms with E-state index in [-0.39, 0.29) is 11.8 Å². The molecule has 2 aliphatic heterocycles. The third-order valence-corrected chi connectivity index (χ3v) is 6.61. The molecule has 0 radical (unpaired) electrons. The van der Waals surface area contributed by atoms with Gasteiger partial charge in [-0.15, -0.1) is 0 Å². The number of piperidine rings is 1. The zero-order chi connectivity index (χ0) is 20.4. The van der Waals surface area contributed by atoms with E-state index >= 15 is 0 Å². The van der Waals surface area contributed by atoms with Crippen LogP contribution in [-0.4, -0.2) is 53.2 Å². The topological polar surface area (TPSA) is 79.7 Å². The van der Waals surface area contributed by atoms with Crippen LogP contribution in [0.2, 0.25) is 0 Å². The van der Waals surface area contributed by atoms with Crippen molar-refractivity contribution in [3.63, 3.8) is 0 Å². The minimum atomic E-state index is -0.760. The molecule has 0 bridgehead atoms. The molecule has 4 rings (SSSR count). The number of carboxylic acids is 1. The molecule has 3 heterocycles. The highest BCUT2D eigenvalue weighted by Crippen LogP contribution is 2.36. The minimum absolute atomic E-state index is 0.0701. The lowest BCUT2D eigenvalue weighted by Crippen LogP contribution is -2.44. The van der Waals surface area contributed by atoms with Gasteiger partial charge in [0.1, 0.15) is 0 Å². The molecule has 1 N–H and O–H groups in total. The van der Waals surface area contributed by atoms with Crippen molar-refractivity contribution in [3.05, 3.63) is 41.6 Å². The quantitative estimate of drug-likeness (QED) is 0.857. The van der Waals surface area contributed by atoms with Gasteiger partial charge in [0.2, 0.25) is 0 Å². The Balaban J connectivity index is 1.51. The lowest BCUT2D eigenvalue weighted by molar-refractivity contribution is -0.151. The number of aliphatic carboxylic acids is 1. The van der Waals surface area contributed by atoms with Crippen LogP contribution in [-0.2, 0) is 16.0 Å². The Morgan fingerprint density at radius 1 is 1.21 bits per heavy atom. The molecule has 2 aromatic rings. The van der Waals surface area contributed by atoms with Crippen molar-refractivity contribution in [2.24, 2.45) is 17.8 Å². The Hall–Kier alpha value is -2.47. The van der Waals surface area contributed by atoms with E-state index in [0.717, 1.165) is 47.7 Å². The number of para-hydroxylation sites is 1. The smallest absolute Gasteiger partial charge is 0.309 e. The fourth-order valence-corrected chi connectivity index (χ4v) is 4.97. The number of carbonyl (C=O) groups is 2. The lowest BCUT2D eigenvalue weighted by Gasteiger charge is -2.40. The number of aromatic nitrogens is 1. The summed E-state index contributed by atoms with van der Waals surface area (Å²) in [4.78, 5) is 31.5. The Morgan fingerprint density at radius 2 is 1.97 bits per heavy atom. The molecule has 29 heavy (non-hydrogen) atoms. The van der Waals surface area contributed by atoms with E-state index in [4.69, 9.17) is 4.74 Å². The highest BCUT2D eigenvalue weighted by atomic mass is 16.5. The number of benzene rings is 1.